The average Bonchev–Trinajstić information content (AvgIpc) is 2.30. The molecule has 0 aromatic heterocycles. The summed E-state index contributed by atoms with van der Waals surface area (Å²) in [4.78, 5) is 11.6. The number of nitrogens with zero attached hydrogens (tertiary/aromatic N) is 1. The number of anilines is 1. The fourth-order valence-electron chi connectivity index (χ4n) is 1.36. The van der Waals surface area contributed by atoms with Crippen LogP contribution in [-0.4, -0.2) is 5.91 Å². The average molecular weight is 238 g/mol. The van der Waals surface area contributed by atoms with Gasteiger partial charge in [-0.3, -0.25) is 4.79 Å². The molecular formula is C12H12F2N2O. The molecule has 1 rings (SSSR count). The predicted octanol–water partition coefficient (Wildman–Crippen LogP) is 2.84. The van der Waals surface area contributed by atoms with E-state index in [4.69, 9.17) is 5.26 Å². The minimum Gasteiger partial charge on any atom is -0.322 e. The number of nitrogens with one attached hydrogen (secondary N) is 1. The van der Waals surface area contributed by atoms with Gasteiger partial charge in [-0.05, 0) is 18.6 Å². The zero-order valence-electron chi connectivity index (χ0n) is 9.34. The van der Waals surface area contributed by atoms with E-state index in [0.717, 1.165) is 18.2 Å². The van der Waals surface area contributed by atoms with Crippen LogP contribution in [0.25, 0.3) is 0 Å². The van der Waals surface area contributed by atoms with Gasteiger partial charge in [0.2, 0.25) is 5.91 Å². The van der Waals surface area contributed by atoms with Crippen molar-refractivity contribution in [2.24, 2.45) is 5.92 Å². The molecule has 0 heterocycles. The summed E-state index contributed by atoms with van der Waals surface area (Å²) in [7, 11) is 0. The molecular weight excluding hydrogens is 226 g/mol. The van der Waals surface area contributed by atoms with Crippen molar-refractivity contribution < 1.29 is 13.6 Å². The molecule has 5 heteroatoms. The van der Waals surface area contributed by atoms with Crippen molar-refractivity contribution in [2.75, 3.05) is 5.32 Å². The zero-order valence-corrected chi connectivity index (χ0v) is 9.34. The fourth-order valence-corrected chi connectivity index (χ4v) is 1.36. The number of carbonyl (C=O) groups is 1. The molecule has 1 N–H and O–H groups in total. The van der Waals surface area contributed by atoms with Gasteiger partial charge in [-0.1, -0.05) is 13.3 Å². The van der Waals surface area contributed by atoms with E-state index >= 15 is 0 Å². The van der Waals surface area contributed by atoms with Gasteiger partial charge < -0.3 is 5.32 Å². The lowest BCUT2D eigenvalue weighted by Gasteiger charge is -2.09. The van der Waals surface area contributed by atoms with Crippen LogP contribution in [0.1, 0.15) is 19.8 Å². The topological polar surface area (TPSA) is 52.9 Å². The molecule has 0 aliphatic rings. The molecule has 0 fully saturated rings. The second kappa shape index (κ2) is 5.94. The Morgan fingerprint density at radius 2 is 2.24 bits per heavy atom. The van der Waals surface area contributed by atoms with Crippen LogP contribution in [0.5, 0.6) is 0 Å². The number of rotatable bonds is 4. The van der Waals surface area contributed by atoms with Crippen LogP contribution in [0.3, 0.4) is 0 Å². The Morgan fingerprint density at radius 3 is 2.82 bits per heavy atom. The van der Waals surface area contributed by atoms with Crippen molar-refractivity contribution >= 4 is 11.6 Å². The number of hydrogen-bond acceptors (Lipinski definition) is 2. The Morgan fingerprint density at radius 1 is 1.53 bits per heavy atom. The highest BCUT2D eigenvalue weighted by atomic mass is 19.1. The van der Waals surface area contributed by atoms with Crippen molar-refractivity contribution in [2.45, 2.75) is 19.8 Å². The number of benzene rings is 1. The van der Waals surface area contributed by atoms with E-state index in [9.17, 15) is 13.6 Å². The maximum Gasteiger partial charge on any atom is 0.241 e. The molecule has 0 aliphatic carbocycles. The summed E-state index contributed by atoms with van der Waals surface area (Å²) in [5, 5.41) is 11.0. The highest BCUT2D eigenvalue weighted by molar-refractivity contribution is 5.94. The van der Waals surface area contributed by atoms with E-state index in [2.05, 4.69) is 5.32 Å². The molecule has 1 aromatic rings. The number of nitriles is 1. The van der Waals surface area contributed by atoms with Crippen LogP contribution in [0.4, 0.5) is 14.5 Å². The van der Waals surface area contributed by atoms with E-state index < -0.39 is 23.5 Å². The number of halogens is 2. The van der Waals surface area contributed by atoms with E-state index in [0.29, 0.717) is 12.8 Å². The molecule has 3 nitrogen and oxygen atoms in total. The highest BCUT2D eigenvalue weighted by Gasteiger charge is 2.18. The molecule has 17 heavy (non-hydrogen) atoms. The molecule has 0 radical (unpaired) electrons. The van der Waals surface area contributed by atoms with Gasteiger partial charge in [-0.25, -0.2) is 8.78 Å². The van der Waals surface area contributed by atoms with Gasteiger partial charge in [0.25, 0.3) is 0 Å². The normalized spacial score (nSPS) is 11.6. The lowest BCUT2D eigenvalue weighted by molar-refractivity contribution is -0.118. The first-order valence-electron chi connectivity index (χ1n) is 5.24. The van der Waals surface area contributed by atoms with Crippen LogP contribution in [-0.2, 0) is 4.79 Å². The van der Waals surface area contributed by atoms with Gasteiger partial charge in [-0.2, -0.15) is 5.26 Å². The summed E-state index contributed by atoms with van der Waals surface area (Å²) < 4.78 is 26.1. The van der Waals surface area contributed by atoms with E-state index in [1.54, 1.807) is 0 Å². The van der Waals surface area contributed by atoms with Crippen molar-refractivity contribution in [3.63, 3.8) is 0 Å². The van der Waals surface area contributed by atoms with Gasteiger partial charge in [0, 0.05) is 6.07 Å². The Balaban J connectivity index is 2.80. The van der Waals surface area contributed by atoms with Gasteiger partial charge in [-0.15, -0.1) is 0 Å². The Kier molecular flexibility index (Phi) is 4.58. The lowest BCUT2D eigenvalue weighted by Crippen LogP contribution is -2.22. The van der Waals surface area contributed by atoms with Gasteiger partial charge in [0.1, 0.15) is 17.6 Å². The van der Waals surface area contributed by atoms with Crippen LogP contribution < -0.4 is 5.32 Å². The number of carbonyl (C=O) groups excluding carboxylic acids is 1. The van der Waals surface area contributed by atoms with Crippen LogP contribution >= 0.6 is 0 Å². The first kappa shape index (κ1) is 13.1. The maximum atomic E-state index is 13.2. The summed E-state index contributed by atoms with van der Waals surface area (Å²) in [5.74, 6) is -2.83. The third-order valence-corrected chi connectivity index (χ3v) is 2.24. The SMILES string of the molecule is CCCC(C#N)C(=O)Nc1cc(F)ccc1F. The lowest BCUT2D eigenvalue weighted by atomic mass is 10.0. The number of amides is 1. The molecule has 0 spiro atoms. The molecule has 1 atom stereocenters. The Bertz CT molecular complexity index is 454. The highest BCUT2D eigenvalue weighted by Crippen LogP contribution is 2.17. The molecule has 0 saturated carbocycles. The van der Waals surface area contributed by atoms with Gasteiger partial charge in [0.15, 0.2) is 0 Å². The summed E-state index contributed by atoms with van der Waals surface area (Å²) in [5.41, 5.74) is -0.244. The van der Waals surface area contributed by atoms with Crippen LogP contribution in [0.15, 0.2) is 18.2 Å². The van der Waals surface area contributed by atoms with Crippen molar-refractivity contribution in [1.82, 2.24) is 0 Å². The quantitative estimate of drug-likeness (QED) is 0.876. The molecule has 1 unspecified atom stereocenters. The van der Waals surface area contributed by atoms with Crippen LogP contribution in [0.2, 0.25) is 0 Å². The second-order valence-corrected chi connectivity index (χ2v) is 3.58. The van der Waals surface area contributed by atoms with Crippen molar-refractivity contribution in [3.05, 3.63) is 29.8 Å². The number of hydrogen-bond donors (Lipinski definition) is 1. The third kappa shape index (κ3) is 3.52. The van der Waals surface area contributed by atoms with Gasteiger partial charge >= 0.3 is 0 Å². The first-order valence-corrected chi connectivity index (χ1v) is 5.24. The molecule has 0 saturated heterocycles. The van der Waals surface area contributed by atoms with E-state index in [-0.39, 0.29) is 5.69 Å². The fraction of sp³-hybridized carbons (Fsp3) is 0.333. The molecule has 1 aromatic carbocycles. The molecule has 1 amide bonds. The predicted molar refractivity (Wildman–Crippen MR) is 59.0 cm³/mol. The van der Waals surface area contributed by atoms with E-state index in [1.165, 1.54) is 0 Å². The summed E-state index contributed by atoms with van der Waals surface area (Å²) in [6.45, 7) is 1.83. The summed E-state index contributed by atoms with van der Waals surface area (Å²) in [6.07, 6.45) is 1.05. The monoisotopic (exact) mass is 238 g/mol. The summed E-state index contributed by atoms with van der Waals surface area (Å²) >= 11 is 0. The molecule has 90 valence electrons. The first-order chi connectivity index (χ1) is 8.08. The summed E-state index contributed by atoms with van der Waals surface area (Å²) in [6, 6.07) is 4.59. The zero-order chi connectivity index (χ0) is 12.8. The minimum atomic E-state index is -0.845. The van der Waals surface area contributed by atoms with Crippen LogP contribution in [0, 0.1) is 28.9 Å². The second-order valence-electron chi connectivity index (χ2n) is 3.58. The Hall–Kier alpha value is -1.96. The van der Waals surface area contributed by atoms with Gasteiger partial charge in [0.05, 0.1) is 11.8 Å². The maximum absolute atomic E-state index is 13.2. The molecule has 0 bridgehead atoms. The minimum absolute atomic E-state index is 0.244. The molecule has 0 aliphatic heterocycles. The van der Waals surface area contributed by atoms with Crippen molar-refractivity contribution in [1.29, 1.82) is 5.26 Å². The smallest absolute Gasteiger partial charge is 0.241 e. The third-order valence-electron chi connectivity index (χ3n) is 2.24. The van der Waals surface area contributed by atoms with E-state index in [1.807, 2.05) is 13.0 Å². The standard InChI is InChI=1S/C12H12F2N2O/c1-2-3-8(7-15)12(17)16-11-6-9(13)4-5-10(11)14/h4-6,8H,2-3H2,1H3,(H,16,17). The largest absolute Gasteiger partial charge is 0.322 e. The Labute approximate surface area is 98.1 Å². The van der Waals surface area contributed by atoms with Crippen molar-refractivity contribution in [3.8, 4) is 6.07 Å².